The predicted octanol–water partition coefficient (Wildman–Crippen LogP) is 3.18. The molecule has 1 amide bonds. The normalized spacial score (nSPS) is 22.3. The van der Waals surface area contributed by atoms with Gasteiger partial charge in [-0.2, -0.15) is 0 Å². The molecule has 0 spiro atoms. The van der Waals surface area contributed by atoms with Crippen molar-refractivity contribution in [2.75, 3.05) is 29.9 Å². The van der Waals surface area contributed by atoms with Gasteiger partial charge in [0.2, 0.25) is 5.91 Å². The summed E-state index contributed by atoms with van der Waals surface area (Å²) in [5.41, 5.74) is 2.10. The third-order valence-corrected chi connectivity index (χ3v) is 4.29. The molecule has 2 heterocycles. The molecule has 1 aromatic carbocycles. The van der Waals surface area contributed by atoms with E-state index in [2.05, 4.69) is 22.3 Å². The van der Waals surface area contributed by atoms with E-state index in [1.165, 1.54) is 24.9 Å². The zero-order chi connectivity index (χ0) is 14.5. The molecular formula is C17H24N2O2. The number of hydrogen-bond acceptors (Lipinski definition) is 3. The van der Waals surface area contributed by atoms with Crippen LogP contribution in [0.15, 0.2) is 24.3 Å². The van der Waals surface area contributed by atoms with Gasteiger partial charge >= 0.3 is 0 Å². The number of rotatable bonds is 4. The van der Waals surface area contributed by atoms with Gasteiger partial charge in [0.05, 0.1) is 12.5 Å². The third-order valence-electron chi connectivity index (χ3n) is 4.29. The van der Waals surface area contributed by atoms with Crippen LogP contribution in [0.3, 0.4) is 0 Å². The van der Waals surface area contributed by atoms with Crippen LogP contribution in [0.1, 0.15) is 38.5 Å². The highest BCUT2D eigenvalue weighted by atomic mass is 16.5. The zero-order valence-corrected chi connectivity index (χ0v) is 12.5. The number of carbonyl (C=O) groups excluding carboxylic acids is 1. The Morgan fingerprint density at radius 3 is 2.86 bits per heavy atom. The van der Waals surface area contributed by atoms with Crippen molar-refractivity contribution >= 4 is 17.3 Å². The molecule has 2 aliphatic rings. The van der Waals surface area contributed by atoms with Gasteiger partial charge in [-0.3, -0.25) is 4.79 Å². The second-order valence-corrected chi connectivity index (χ2v) is 5.99. The summed E-state index contributed by atoms with van der Waals surface area (Å²) in [5.74, 6) is 0.0560. The van der Waals surface area contributed by atoms with E-state index in [0.29, 0.717) is 6.42 Å². The first-order valence-corrected chi connectivity index (χ1v) is 8.08. The first-order chi connectivity index (χ1) is 10.3. The summed E-state index contributed by atoms with van der Waals surface area (Å²) in [6, 6.07) is 8.16. The van der Waals surface area contributed by atoms with E-state index < -0.39 is 0 Å². The summed E-state index contributed by atoms with van der Waals surface area (Å²) in [7, 11) is 0. The van der Waals surface area contributed by atoms with Crippen LogP contribution >= 0.6 is 0 Å². The van der Waals surface area contributed by atoms with E-state index >= 15 is 0 Å². The first-order valence-electron chi connectivity index (χ1n) is 8.08. The number of anilines is 2. The van der Waals surface area contributed by atoms with Crippen LogP contribution in [-0.2, 0) is 9.53 Å². The van der Waals surface area contributed by atoms with Crippen molar-refractivity contribution < 1.29 is 9.53 Å². The Morgan fingerprint density at radius 2 is 2.10 bits per heavy atom. The molecule has 2 aliphatic heterocycles. The van der Waals surface area contributed by atoms with E-state index in [4.69, 9.17) is 4.74 Å². The summed E-state index contributed by atoms with van der Waals surface area (Å²) in [5, 5.41) is 3.01. The van der Waals surface area contributed by atoms with Crippen molar-refractivity contribution in [1.82, 2.24) is 0 Å². The van der Waals surface area contributed by atoms with Crippen LogP contribution in [0, 0.1) is 0 Å². The topological polar surface area (TPSA) is 41.6 Å². The lowest BCUT2D eigenvalue weighted by Crippen LogP contribution is -2.25. The fraction of sp³-hybridized carbons (Fsp3) is 0.588. The fourth-order valence-corrected chi connectivity index (χ4v) is 3.14. The molecule has 1 N–H and O–H groups in total. The molecule has 1 unspecified atom stereocenters. The molecule has 0 aliphatic carbocycles. The maximum Gasteiger partial charge on any atom is 0.226 e. The van der Waals surface area contributed by atoms with Crippen molar-refractivity contribution in [2.24, 2.45) is 0 Å². The predicted molar refractivity (Wildman–Crippen MR) is 84.7 cm³/mol. The van der Waals surface area contributed by atoms with E-state index in [1.807, 2.05) is 12.1 Å². The van der Waals surface area contributed by atoms with Crippen LogP contribution in [0.4, 0.5) is 11.4 Å². The number of nitrogens with one attached hydrogen (secondary N) is 1. The van der Waals surface area contributed by atoms with Gasteiger partial charge in [-0.05, 0) is 50.3 Å². The number of benzene rings is 1. The van der Waals surface area contributed by atoms with Crippen LogP contribution in [0.25, 0.3) is 0 Å². The van der Waals surface area contributed by atoms with E-state index in [-0.39, 0.29) is 12.0 Å². The molecule has 114 valence electrons. The van der Waals surface area contributed by atoms with Gasteiger partial charge in [-0.15, -0.1) is 0 Å². The lowest BCUT2D eigenvalue weighted by Gasteiger charge is -2.22. The summed E-state index contributed by atoms with van der Waals surface area (Å²) in [4.78, 5) is 14.5. The first kappa shape index (κ1) is 14.4. The Bertz CT molecular complexity index is 477. The Balaban J connectivity index is 1.56. The average Bonchev–Trinajstić information content (AvgIpc) is 3.02. The van der Waals surface area contributed by atoms with Crippen LogP contribution in [0.2, 0.25) is 0 Å². The van der Waals surface area contributed by atoms with Gasteiger partial charge < -0.3 is 15.0 Å². The molecule has 4 heteroatoms. The molecule has 1 aromatic rings. The molecule has 4 nitrogen and oxygen atoms in total. The molecule has 0 aromatic heterocycles. The monoisotopic (exact) mass is 288 g/mol. The van der Waals surface area contributed by atoms with Crippen molar-refractivity contribution in [1.29, 1.82) is 0 Å². The van der Waals surface area contributed by atoms with Gasteiger partial charge in [0, 0.05) is 31.1 Å². The van der Waals surface area contributed by atoms with Crippen molar-refractivity contribution in [3.63, 3.8) is 0 Å². The highest BCUT2D eigenvalue weighted by molar-refractivity contribution is 5.91. The summed E-state index contributed by atoms with van der Waals surface area (Å²) in [6.45, 7) is 3.03. The third kappa shape index (κ3) is 3.97. The lowest BCUT2D eigenvalue weighted by molar-refractivity contribution is -0.119. The highest BCUT2D eigenvalue weighted by Gasteiger charge is 2.18. The molecule has 0 bridgehead atoms. The van der Waals surface area contributed by atoms with Gasteiger partial charge in [-0.1, -0.05) is 6.07 Å². The minimum absolute atomic E-state index is 0.0560. The van der Waals surface area contributed by atoms with Gasteiger partial charge in [-0.25, -0.2) is 0 Å². The van der Waals surface area contributed by atoms with Crippen LogP contribution < -0.4 is 10.2 Å². The Hall–Kier alpha value is -1.55. The molecule has 3 rings (SSSR count). The Kier molecular flexibility index (Phi) is 4.76. The summed E-state index contributed by atoms with van der Waals surface area (Å²) >= 11 is 0. The SMILES string of the molecule is O=C(CC1CCCCO1)Nc1cccc(N2CCCC2)c1. The number of ether oxygens (including phenoxy) is 1. The number of carbonyl (C=O) groups is 1. The minimum Gasteiger partial charge on any atom is -0.378 e. The van der Waals surface area contributed by atoms with Gasteiger partial charge in [0.25, 0.3) is 0 Å². The van der Waals surface area contributed by atoms with Gasteiger partial charge in [0.15, 0.2) is 0 Å². The summed E-state index contributed by atoms with van der Waals surface area (Å²) in [6.07, 6.45) is 6.37. The number of amides is 1. The number of hydrogen-bond donors (Lipinski definition) is 1. The Morgan fingerprint density at radius 1 is 1.24 bits per heavy atom. The summed E-state index contributed by atoms with van der Waals surface area (Å²) < 4.78 is 5.62. The van der Waals surface area contributed by atoms with Crippen molar-refractivity contribution in [2.45, 2.75) is 44.6 Å². The highest BCUT2D eigenvalue weighted by Crippen LogP contribution is 2.24. The smallest absolute Gasteiger partial charge is 0.226 e. The molecule has 21 heavy (non-hydrogen) atoms. The molecule has 0 radical (unpaired) electrons. The average molecular weight is 288 g/mol. The maximum absolute atomic E-state index is 12.1. The van der Waals surface area contributed by atoms with Gasteiger partial charge in [0.1, 0.15) is 0 Å². The molecule has 2 saturated heterocycles. The standard InChI is InChI=1S/C17H24N2O2/c20-17(13-16-8-1-4-11-21-16)18-14-6-5-7-15(12-14)19-9-2-3-10-19/h5-7,12,16H,1-4,8-11,13H2,(H,18,20). The maximum atomic E-state index is 12.1. The van der Waals surface area contributed by atoms with E-state index in [1.54, 1.807) is 0 Å². The van der Waals surface area contributed by atoms with Crippen molar-refractivity contribution in [3.8, 4) is 0 Å². The molecule has 2 fully saturated rings. The Labute approximate surface area is 126 Å². The van der Waals surface area contributed by atoms with E-state index in [0.717, 1.165) is 38.2 Å². The largest absolute Gasteiger partial charge is 0.378 e. The molecule has 0 saturated carbocycles. The van der Waals surface area contributed by atoms with E-state index in [9.17, 15) is 4.79 Å². The molecular weight excluding hydrogens is 264 g/mol. The minimum atomic E-state index is 0.0560. The van der Waals surface area contributed by atoms with Crippen LogP contribution in [0.5, 0.6) is 0 Å². The second kappa shape index (κ2) is 6.94. The van der Waals surface area contributed by atoms with Crippen LogP contribution in [-0.4, -0.2) is 31.7 Å². The molecule has 1 atom stereocenters. The zero-order valence-electron chi connectivity index (χ0n) is 12.5. The lowest BCUT2D eigenvalue weighted by atomic mass is 10.1. The second-order valence-electron chi connectivity index (χ2n) is 5.99. The van der Waals surface area contributed by atoms with Crippen molar-refractivity contribution in [3.05, 3.63) is 24.3 Å². The fourth-order valence-electron chi connectivity index (χ4n) is 3.14. The number of nitrogens with zero attached hydrogens (tertiary/aromatic N) is 1. The quantitative estimate of drug-likeness (QED) is 0.925.